The first-order valence-electron chi connectivity index (χ1n) is 10.1. The van der Waals surface area contributed by atoms with Gasteiger partial charge in [0.15, 0.2) is 11.5 Å². The van der Waals surface area contributed by atoms with Crippen molar-refractivity contribution in [3.63, 3.8) is 0 Å². The molecule has 2 aromatic carbocycles. The van der Waals surface area contributed by atoms with Crippen LogP contribution in [0.15, 0.2) is 47.0 Å². The summed E-state index contributed by atoms with van der Waals surface area (Å²) in [6.07, 6.45) is 0. The zero-order chi connectivity index (χ0) is 23.3. The van der Waals surface area contributed by atoms with Crippen molar-refractivity contribution >= 4 is 11.8 Å². The largest absolute Gasteiger partial charge is 0.493 e. The minimum Gasteiger partial charge on any atom is -0.493 e. The molecule has 0 saturated carbocycles. The van der Waals surface area contributed by atoms with Gasteiger partial charge in [0.2, 0.25) is 0 Å². The summed E-state index contributed by atoms with van der Waals surface area (Å²) in [5, 5.41) is 6.51. The Morgan fingerprint density at radius 1 is 1.06 bits per heavy atom. The quantitative estimate of drug-likeness (QED) is 0.580. The van der Waals surface area contributed by atoms with Gasteiger partial charge in [-0.1, -0.05) is 17.3 Å². The number of carbonyl (C=O) groups is 2. The fourth-order valence-electron chi connectivity index (χ4n) is 3.25. The number of ether oxygens (including phenoxy) is 2. The maximum Gasteiger partial charge on any atom is 0.254 e. The SMILES string of the molecule is CNC(=O)c1ccc(CN(C)C(=O)c2ccc(OCc3c(C)noc3C)c(OC)c2)cc1. The molecule has 0 radical (unpaired) electrons. The molecule has 1 heterocycles. The van der Waals surface area contributed by atoms with Crippen LogP contribution >= 0.6 is 0 Å². The smallest absolute Gasteiger partial charge is 0.254 e. The van der Waals surface area contributed by atoms with Gasteiger partial charge in [0.05, 0.1) is 18.4 Å². The van der Waals surface area contributed by atoms with Crippen molar-refractivity contribution in [2.45, 2.75) is 27.0 Å². The number of amides is 2. The molecule has 0 fully saturated rings. The van der Waals surface area contributed by atoms with Gasteiger partial charge in [-0.05, 0) is 49.7 Å². The molecular formula is C24H27N3O5. The first kappa shape index (κ1) is 22.9. The molecule has 0 saturated heterocycles. The number of nitrogens with zero attached hydrogens (tertiary/aromatic N) is 2. The van der Waals surface area contributed by atoms with E-state index in [-0.39, 0.29) is 18.4 Å². The van der Waals surface area contributed by atoms with Gasteiger partial charge in [0.1, 0.15) is 12.4 Å². The van der Waals surface area contributed by atoms with Crippen LogP contribution in [0.5, 0.6) is 11.5 Å². The van der Waals surface area contributed by atoms with E-state index >= 15 is 0 Å². The standard InChI is InChI=1S/C24H27N3O5/c1-15-20(16(2)32-26-15)14-31-21-11-10-19(12-22(21)30-5)24(29)27(4)13-17-6-8-18(9-7-17)23(28)25-3/h6-12H,13-14H2,1-5H3,(H,25,28). The number of nitrogens with one attached hydrogen (secondary N) is 1. The number of hydrogen-bond donors (Lipinski definition) is 1. The molecule has 0 aliphatic heterocycles. The number of aromatic nitrogens is 1. The maximum atomic E-state index is 12.9. The molecule has 0 spiro atoms. The Morgan fingerprint density at radius 3 is 2.34 bits per heavy atom. The molecular weight excluding hydrogens is 410 g/mol. The van der Waals surface area contributed by atoms with Gasteiger partial charge in [-0.3, -0.25) is 9.59 Å². The fourth-order valence-corrected chi connectivity index (χ4v) is 3.25. The van der Waals surface area contributed by atoms with Gasteiger partial charge < -0.3 is 24.2 Å². The minimum absolute atomic E-state index is 0.148. The summed E-state index contributed by atoms with van der Waals surface area (Å²) in [7, 11) is 4.84. The number of benzene rings is 2. The van der Waals surface area contributed by atoms with Crippen LogP contribution in [0.4, 0.5) is 0 Å². The molecule has 3 rings (SSSR count). The van der Waals surface area contributed by atoms with Crippen LogP contribution in [0.3, 0.4) is 0 Å². The summed E-state index contributed by atoms with van der Waals surface area (Å²) in [5.74, 6) is 1.39. The topological polar surface area (TPSA) is 93.9 Å². The average Bonchev–Trinajstić information content (AvgIpc) is 3.13. The molecule has 0 aliphatic rings. The number of methoxy groups -OCH3 is 1. The van der Waals surface area contributed by atoms with Crippen LogP contribution in [0.1, 0.15) is 43.3 Å². The molecule has 3 aromatic rings. The average molecular weight is 437 g/mol. The Kier molecular flexibility index (Phi) is 7.14. The van der Waals surface area contributed by atoms with Crippen LogP contribution in [0, 0.1) is 13.8 Å². The Bertz CT molecular complexity index is 1090. The van der Waals surface area contributed by atoms with E-state index in [2.05, 4.69) is 10.5 Å². The van der Waals surface area contributed by atoms with E-state index in [4.69, 9.17) is 14.0 Å². The zero-order valence-corrected chi connectivity index (χ0v) is 18.9. The van der Waals surface area contributed by atoms with Gasteiger partial charge in [0, 0.05) is 31.8 Å². The first-order valence-corrected chi connectivity index (χ1v) is 10.1. The monoisotopic (exact) mass is 437 g/mol. The highest BCUT2D eigenvalue weighted by molar-refractivity contribution is 5.95. The van der Waals surface area contributed by atoms with Gasteiger partial charge in [-0.2, -0.15) is 0 Å². The molecule has 0 bridgehead atoms. The van der Waals surface area contributed by atoms with E-state index in [1.165, 1.54) is 7.11 Å². The third kappa shape index (κ3) is 5.08. The Balaban J connectivity index is 1.68. The Hall–Kier alpha value is -3.81. The zero-order valence-electron chi connectivity index (χ0n) is 18.9. The molecule has 2 amide bonds. The van der Waals surface area contributed by atoms with Crippen LogP contribution in [-0.2, 0) is 13.2 Å². The van der Waals surface area contributed by atoms with Crippen molar-refractivity contribution in [1.29, 1.82) is 0 Å². The van der Waals surface area contributed by atoms with E-state index in [0.29, 0.717) is 34.9 Å². The number of carbonyl (C=O) groups excluding carboxylic acids is 2. The number of hydrogen-bond acceptors (Lipinski definition) is 6. The molecule has 0 atom stereocenters. The Morgan fingerprint density at radius 2 is 1.75 bits per heavy atom. The molecule has 32 heavy (non-hydrogen) atoms. The second-order valence-corrected chi connectivity index (χ2v) is 7.39. The van der Waals surface area contributed by atoms with E-state index < -0.39 is 0 Å². The van der Waals surface area contributed by atoms with Gasteiger partial charge in [0.25, 0.3) is 11.8 Å². The Labute approximate surface area is 187 Å². The van der Waals surface area contributed by atoms with Crippen LogP contribution in [0.2, 0.25) is 0 Å². The molecule has 0 unspecified atom stereocenters. The summed E-state index contributed by atoms with van der Waals surface area (Å²) in [6.45, 7) is 4.38. The lowest BCUT2D eigenvalue weighted by molar-refractivity contribution is 0.0784. The van der Waals surface area contributed by atoms with Crippen molar-refractivity contribution in [3.8, 4) is 11.5 Å². The van der Waals surface area contributed by atoms with Gasteiger partial charge >= 0.3 is 0 Å². The summed E-state index contributed by atoms with van der Waals surface area (Å²) in [4.78, 5) is 26.2. The third-order valence-electron chi connectivity index (χ3n) is 5.17. The second-order valence-electron chi connectivity index (χ2n) is 7.39. The highest BCUT2D eigenvalue weighted by Gasteiger charge is 2.17. The normalized spacial score (nSPS) is 10.5. The van der Waals surface area contributed by atoms with Crippen LogP contribution < -0.4 is 14.8 Å². The molecule has 1 N–H and O–H groups in total. The lowest BCUT2D eigenvalue weighted by atomic mass is 10.1. The molecule has 1 aromatic heterocycles. The van der Waals surface area contributed by atoms with E-state index in [1.54, 1.807) is 49.3 Å². The van der Waals surface area contributed by atoms with Crippen molar-refractivity contribution in [3.05, 3.63) is 76.2 Å². The highest BCUT2D eigenvalue weighted by Crippen LogP contribution is 2.30. The summed E-state index contributed by atoms with van der Waals surface area (Å²) in [6, 6.07) is 12.2. The number of rotatable bonds is 8. The summed E-state index contributed by atoms with van der Waals surface area (Å²) < 4.78 is 16.5. The van der Waals surface area contributed by atoms with E-state index in [1.807, 2.05) is 26.0 Å². The minimum atomic E-state index is -0.157. The van der Waals surface area contributed by atoms with E-state index in [9.17, 15) is 9.59 Å². The maximum absolute atomic E-state index is 12.9. The van der Waals surface area contributed by atoms with Crippen molar-refractivity contribution in [2.24, 2.45) is 0 Å². The lowest BCUT2D eigenvalue weighted by Crippen LogP contribution is -2.26. The van der Waals surface area contributed by atoms with Crippen molar-refractivity contribution in [1.82, 2.24) is 15.4 Å². The molecule has 168 valence electrons. The second kappa shape index (κ2) is 10.00. The molecule has 8 nitrogen and oxygen atoms in total. The first-order chi connectivity index (χ1) is 15.3. The lowest BCUT2D eigenvalue weighted by Gasteiger charge is -2.19. The van der Waals surface area contributed by atoms with Crippen molar-refractivity contribution < 1.29 is 23.6 Å². The van der Waals surface area contributed by atoms with Crippen LogP contribution in [0.25, 0.3) is 0 Å². The van der Waals surface area contributed by atoms with Crippen molar-refractivity contribution in [2.75, 3.05) is 21.2 Å². The fraction of sp³-hybridized carbons (Fsp3) is 0.292. The van der Waals surface area contributed by atoms with Gasteiger partial charge in [-0.25, -0.2) is 0 Å². The highest BCUT2D eigenvalue weighted by atomic mass is 16.5. The summed E-state index contributed by atoms with van der Waals surface area (Å²) >= 11 is 0. The van der Waals surface area contributed by atoms with Crippen LogP contribution in [-0.4, -0.2) is 43.1 Å². The summed E-state index contributed by atoms with van der Waals surface area (Å²) in [5.41, 5.74) is 3.63. The predicted octanol–water partition coefficient (Wildman–Crippen LogP) is 3.51. The van der Waals surface area contributed by atoms with E-state index in [0.717, 1.165) is 16.8 Å². The molecule has 0 aliphatic carbocycles. The predicted molar refractivity (Wildman–Crippen MR) is 119 cm³/mol. The third-order valence-corrected chi connectivity index (χ3v) is 5.17. The molecule has 8 heteroatoms. The number of aryl methyl sites for hydroxylation is 2. The van der Waals surface area contributed by atoms with Gasteiger partial charge in [-0.15, -0.1) is 0 Å².